The molecular formula is C34H48ClFO3. The van der Waals surface area contributed by atoms with Crippen LogP contribution in [-0.4, -0.2) is 24.9 Å². The molecule has 5 heteroatoms. The molecule has 3 rings (SSSR count). The van der Waals surface area contributed by atoms with Crippen LogP contribution in [0.2, 0.25) is 5.02 Å². The van der Waals surface area contributed by atoms with Gasteiger partial charge in [0.05, 0.1) is 11.6 Å². The topological polar surface area (TPSA) is 35.5 Å². The van der Waals surface area contributed by atoms with Crippen molar-refractivity contribution in [3.8, 4) is 16.9 Å². The fourth-order valence-electron chi connectivity index (χ4n) is 5.42. The molecule has 2 aromatic carbocycles. The SMILES string of the molecule is CCCCCCCCCCOc1ccc(-c2ccc([C@H]3CC[C@H](OC(=O)[C@@H](F)CCCC)CC3)cc2)cc1Cl. The first kappa shape index (κ1) is 31.5. The highest BCUT2D eigenvalue weighted by atomic mass is 35.5. The highest BCUT2D eigenvalue weighted by molar-refractivity contribution is 6.32. The van der Waals surface area contributed by atoms with Gasteiger partial charge in [0, 0.05) is 0 Å². The average molecular weight is 559 g/mol. The van der Waals surface area contributed by atoms with Crippen molar-refractivity contribution in [1.82, 2.24) is 0 Å². The Morgan fingerprint density at radius 3 is 2.10 bits per heavy atom. The van der Waals surface area contributed by atoms with Crippen LogP contribution in [0.4, 0.5) is 4.39 Å². The molecule has 1 aliphatic rings. The van der Waals surface area contributed by atoms with Crippen LogP contribution in [0.5, 0.6) is 5.75 Å². The van der Waals surface area contributed by atoms with E-state index in [0.29, 0.717) is 24.0 Å². The fourth-order valence-corrected chi connectivity index (χ4v) is 5.65. The fraction of sp³-hybridized carbons (Fsp3) is 0.618. The first-order valence-corrected chi connectivity index (χ1v) is 15.8. The van der Waals surface area contributed by atoms with Crippen molar-refractivity contribution in [3.63, 3.8) is 0 Å². The van der Waals surface area contributed by atoms with Crippen LogP contribution in [0.15, 0.2) is 42.5 Å². The molecule has 0 amide bonds. The number of carbonyl (C=O) groups is 1. The van der Waals surface area contributed by atoms with E-state index in [2.05, 4.69) is 37.3 Å². The summed E-state index contributed by atoms with van der Waals surface area (Å²) in [6, 6.07) is 14.7. The third kappa shape index (κ3) is 10.8. The quantitative estimate of drug-likeness (QED) is 0.143. The Hall–Kier alpha value is -2.07. The summed E-state index contributed by atoms with van der Waals surface area (Å²) in [5.41, 5.74) is 3.50. The van der Waals surface area contributed by atoms with E-state index in [0.717, 1.165) is 55.4 Å². The van der Waals surface area contributed by atoms with Crippen LogP contribution in [0.1, 0.15) is 122 Å². The van der Waals surface area contributed by atoms with Gasteiger partial charge in [0.1, 0.15) is 11.9 Å². The highest BCUT2D eigenvalue weighted by Gasteiger charge is 2.27. The van der Waals surface area contributed by atoms with Gasteiger partial charge in [-0.2, -0.15) is 0 Å². The second kappa shape index (κ2) is 17.6. The molecule has 1 saturated carbocycles. The second-order valence-electron chi connectivity index (χ2n) is 11.1. The van der Waals surface area contributed by atoms with Crippen molar-refractivity contribution in [1.29, 1.82) is 0 Å². The minimum atomic E-state index is -1.49. The molecule has 0 N–H and O–H groups in total. The van der Waals surface area contributed by atoms with Crippen LogP contribution < -0.4 is 4.74 Å². The van der Waals surface area contributed by atoms with E-state index in [9.17, 15) is 9.18 Å². The number of unbranched alkanes of at least 4 members (excludes halogenated alkanes) is 8. The number of carbonyl (C=O) groups excluding carboxylic acids is 1. The van der Waals surface area contributed by atoms with E-state index in [1.54, 1.807) is 0 Å². The number of hydrogen-bond acceptors (Lipinski definition) is 3. The Bertz CT molecular complexity index is 969. The highest BCUT2D eigenvalue weighted by Crippen LogP contribution is 2.36. The summed E-state index contributed by atoms with van der Waals surface area (Å²) in [5, 5.41) is 0.647. The standard InChI is InChI=1S/C34H48ClFO3/c1-3-5-7-8-9-10-11-12-24-38-33-23-20-29(25-31(33)35)28-16-14-26(15-17-28)27-18-21-30(22-19-27)39-34(37)32(36)13-6-4-2/h14-17,20,23,25,27,30,32H,3-13,18-19,21-22,24H2,1-2H3/t27-,30-,32-/m0/s1. The minimum absolute atomic E-state index is 0.161. The lowest BCUT2D eigenvalue weighted by atomic mass is 9.82. The van der Waals surface area contributed by atoms with E-state index in [-0.39, 0.29) is 12.5 Å². The molecule has 0 unspecified atom stereocenters. The maximum Gasteiger partial charge on any atom is 0.340 e. The molecular weight excluding hydrogens is 511 g/mol. The summed E-state index contributed by atoms with van der Waals surface area (Å²) in [6.45, 7) is 4.95. The van der Waals surface area contributed by atoms with Crippen LogP contribution in [0, 0.1) is 0 Å². The molecule has 3 nitrogen and oxygen atoms in total. The molecule has 2 aromatic rings. The van der Waals surface area contributed by atoms with Crippen molar-refractivity contribution >= 4 is 17.6 Å². The molecule has 0 radical (unpaired) electrons. The molecule has 216 valence electrons. The molecule has 1 aliphatic carbocycles. The van der Waals surface area contributed by atoms with Gasteiger partial charge in [-0.25, -0.2) is 9.18 Å². The number of benzene rings is 2. The predicted octanol–water partition coefficient (Wildman–Crippen LogP) is 10.6. The third-order valence-corrected chi connectivity index (χ3v) is 8.22. The van der Waals surface area contributed by atoms with Gasteiger partial charge in [-0.3, -0.25) is 0 Å². The van der Waals surface area contributed by atoms with Gasteiger partial charge in [0.2, 0.25) is 0 Å². The summed E-state index contributed by atoms with van der Waals surface area (Å²) in [5.74, 6) is 0.507. The Morgan fingerprint density at radius 1 is 0.846 bits per heavy atom. The van der Waals surface area contributed by atoms with E-state index in [1.807, 2.05) is 19.1 Å². The van der Waals surface area contributed by atoms with Crippen LogP contribution >= 0.6 is 11.6 Å². The van der Waals surface area contributed by atoms with Crippen molar-refractivity contribution < 1.29 is 18.7 Å². The molecule has 1 atom stereocenters. The van der Waals surface area contributed by atoms with E-state index in [4.69, 9.17) is 21.1 Å². The van der Waals surface area contributed by atoms with Crippen molar-refractivity contribution in [2.75, 3.05) is 6.61 Å². The Labute approximate surface area is 240 Å². The van der Waals surface area contributed by atoms with E-state index in [1.165, 1.54) is 50.5 Å². The van der Waals surface area contributed by atoms with Crippen molar-refractivity contribution in [3.05, 3.63) is 53.1 Å². The number of hydrogen-bond donors (Lipinski definition) is 0. The van der Waals surface area contributed by atoms with Gasteiger partial charge < -0.3 is 9.47 Å². The summed E-state index contributed by atoms with van der Waals surface area (Å²) in [4.78, 5) is 12.0. The summed E-state index contributed by atoms with van der Waals surface area (Å²) < 4.78 is 25.4. The number of ether oxygens (including phenoxy) is 2. The van der Waals surface area contributed by atoms with Crippen LogP contribution in [-0.2, 0) is 9.53 Å². The molecule has 0 saturated heterocycles. The first-order valence-electron chi connectivity index (χ1n) is 15.4. The molecule has 0 aliphatic heterocycles. The third-order valence-electron chi connectivity index (χ3n) is 7.93. The monoisotopic (exact) mass is 558 g/mol. The minimum Gasteiger partial charge on any atom is -0.492 e. The average Bonchev–Trinajstić information content (AvgIpc) is 2.96. The summed E-state index contributed by atoms with van der Waals surface area (Å²) in [7, 11) is 0. The Balaban J connectivity index is 1.41. The zero-order valence-corrected chi connectivity index (χ0v) is 24.8. The van der Waals surface area contributed by atoms with Gasteiger partial charge in [0.15, 0.2) is 6.17 Å². The summed E-state index contributed by atoms with van der Waals surface area (Å²) in [6.07, 6.45) is 13.9. The molecule has 0 spiro atoms. The smallest absolute Gasteiger partial charge is 0.340 e. The lowest BCUT2D eigenvalue weighted by Crippen LogP contribution is -2.28. The first-order chi connectivity index (χ1) is 19.0. The van der Waals surface area contributed by atoms with Gasteiger partial charge in [-0.1, -0.05) is 114 Å². The number of esters is 1. The normalized spacial score (nSPS) is 18.1. The maximum absolute atomic E-state index is 14.0. The zero-order chi connectivity index (χ0) is 27.9. The molecule has 1 fully saturated rings. The second-order valence-corrected chi connectivity index (χ2v) is 11.5. The van der Waals surface area contributed by atoms with Crippen molar-refractivity contribution in [2.24, 2.45) is 0 Å². The largest absolute Gasteiger partial charge is 0.492 e. The number of rotatable bonds is 17. The van der Waals surface area contributed by atoms with Crippen molar-refractivity contribution in [2.45, 2.75) is 128 Å². The Kier molecular flexibility index (Phi) is 14.2. The van der Waals surface area contributed by atoms with Gasteiger partial charge in [0.25, 0.3) is 0 Å². The Morgan fingerprint density at radius 2 is 1.46 bits per heavy atom. The lowest BCUT2D eigenvalue weighted by Gasteiger charge is -2.29. The molecule has 0 heterocycles. The van der Waals surface area contributed by atoms with Gasteiger partial charge >= 0.3 is 5.97 Å². The van der Waals surface area contributed by atoms with Crippen LogP contribution in [0.25, 0.3) is 11.1 Å². The number of alkyl halides is 1. The molecule has 0 bridgehead atoms. The van der Waals surface area contributed by atoms with E-state index >= 15 is 0 Å². The summed E-state index contributed by atoms with van der Waals surface area (Å²) >= 11 is 6.55. The van der Waals surface area contributed by atoms with E-state index < -0.39 is 12.1 Å². The maximum atomic E-state index is 14.0. The van der Waals surface area contributed by atoms with Gasteiger partial charge in [-0.15, -0.1) is 0 Å². The number of halogens is 2. The lowest BCUT2D eigenvalue weighted by molar-refractivity contribution is -0.157. The zero-order valence-electron chi connectivity index (χ0n) is 24.1. The molecule has 39 heavy (non-hydrogen) atoms. The van der Waals surface area contributed by atoms with Crippen LogP contribution in [0.3, 0.4) is 0 Å². The molecule has 0 aromatic heterocycles. The van der Waals surface area contributed by atoms with Gasteiger partial charge in [-0.05, 0) is 73.3 Å². The predicted molar refractivity (Wildman–Crippen MR) is 161 cm³/mol.